The summed E-state index contributed by atoms with van der Waals surface area (Å²) in [5.74, 6) is 0.220. The van der Waals surface area contributed by atoms with E-state index in [1.807, 2.05) is 24.3 Å². The molecule has 0 radical (unpaired) electrons. The van der Waals surface area contributed by atoms with Gasteiger partial charge >= 0.3 is 0 Å². The molecule has 3 rings (SSSR count). The molecule has 2 aromatic carbocycles. The number of hydrogen-bond acceptors (Lipinski definition) is 4. The molecule has 1 aliphatic rings. The number of fused-ring (bicyclic) bond motifs is 1. The van der Waals surface area contributed by atoms with Crippen molar-refractivity contribution in [2.24, 2.45) is 0 Å². The third-order valence-corrected chi connectivity index (χ3v) is 3.47. The maximum Gasteiger partial charge on any atom is 0.275 e. The highest BCUT2D eigenvalue weighted by Crippen LogP contribution is 2.28. The SMILES string of the molecule is COc1cccc(CNC(=O)[C@@H]2Oc3ccccc3NC2=O)c1. The highest BCUT2D eigenvalue weighted by Gasteiger charge is 2.33. The topological polar surface area (TPSA) is 76.7 Å². The van der Waals surface area contributed by atoms with Gasteiger partial charge in [-0.15, -0.1) is 0 Å². The number of nitrogens with one attached hydrogen (secondary N) is 2. The number of anilines is 1. The van der Waals surface area contributed by atoms with Crippen LogP contribution in [0, 0.1) is 0 Å². The van der Waals surface area contributed by atoms with Crippen molar-refractivity contribution < 1.29 is 19.1 Å². The van der Waals surface area contributed by atoms with Crippen molar-refractivity contribution in [3.05, 3.63) is 54.1 Å². The van der Waals surface area contributed by atoms with Crippen LogP contribution in [-0.2, 0) is 16.1 Å². The molecule has 2 aromatic rings. The van der Waals surface area contributed by atoms with Crippen LogP contribution >= 0.6 is 0 Å². The van der Waals surface area contributed by atoms with Crippen LogP contribution in [0.3, 0.4) is 0 Å². The highest BCUT2D eigenvalue weighted by atomic mass is 16.5. The van der Waals surface area contributed by atoms with Crippen LogP contribution in [0.4, 0.5) is 5.69 Å². The molecule has 0 saturated heterocycles. The third kappa shape index (κ3) is 3.26. The summed E-state index contributed by atoms with van der Waals surface area (Å²) in [5.41, 5.74) is 1.43. The van der Waals surface area contributed by atoms with Crippen LogP contribution in [0.15, 0.2) is 48.5 Å². The first-order valence-corrected chi connectivity index (χ1v) is 7.14. The lowest BCUT2D eigenvalue weighted by Crippen LogP contribution is -2.48. The van der Waals surface area contributed by atoms with E-state index in [0.717, 1.165) is 5.56 Å². The maximum atomic E-state index is 12.2. The molecule has 6 nitrogen and oxygen atoms in total. The molecule has 1 atom stereocenters. The first kappa shape index (κ1) is 14.9. The van der Waals surface area contributed by atoms with E-state index in [-0.39, 0.29) is 6.54 Å². The average Bonchev–Trinajstić information content (AvgIpc) is 2.59. The van der Waals surface area contributed by atoms with E-state index in [1.165, 1.54) is 0 Å². The summed E-state index contributed by atoms with van der Waals surface area (Å²) >= 11 is 0. The fourth-order valence-electron chi connectivity index (χ4n) is 2.29. The van der Waals surface area contributed by atoms with Crippen molar-refractivity contribution in [2.75, 3.05) is 12.4 Å². The molecule has 2 N–H and O–H groups in total. The third-order valence-electron chi connectivity index (χ3n) is 3.47. The van der Waals surface area contributed by atoms with Crippen LogP contribution < -0.4 is 20.1 Å². The molecular formula is C17H16N2O4. The quantitative estimate of drug-likeness (QED) is 0.843. The molecule has 1 heterocycles. The van der Waals surface area contributed by atoms with Crippen molar-refractivity contribution in [3.8, 4) is 11.5 Å². The van der Waals surface area contributed by atoms with Crippen LogP contribution in [0.2, 0.25) is 0 Å². The number of amides is 2. The van der Waals surface area contributed by atoms with Crippen LogP contribution in [-0.4, -0.2) is 25.0 Å². The first-order chi connectivity index (χ1) is 11.2. The maximum absolute atomic E-state index is 12.2. The number of hydrogen-bond donors (Lipinski definition) is 2. The van der Waals surface area contributed by atoms with Crippen LogP contribution in [0.5, 0.6) is 11.5 Å². The van der Waals surface area contributed by atoms with Gasteiger partial charge in [0.2, 0.25) is 0 Å². The zero-order valence-corrected chi connectivity index (χ0v) is 12.5. The van der Waals surface area contributed by atoms with Gasteiger partial charge in [-0.05, 0) is 29.8 Å². The lowest BCUT2D eigenvalue weighted by Gasteiger charge is -2.24. The Balaban J connectivity index is 1.65. The summed E-state index contributed by atoms with van der Waals surface area (Å²) in [6.07, 6.45) is -1.20. The highest BCUT2D eigenvalue weighted by molar-refractivity contribution is 6.11. The van der Waals surface area contributed by atoms with Crippen molar-refractivity contribution in [2.45, 2.75) is 12.6 Å². The van der Waals surface area contributed by atoms with Gasteiger partial charge in [0.05, 0.1) is 12.8 Å². The number of para-hydroxylation sites is 2. The molecular weight excluding hydrogens is 296 g/mol. The molecule has 0 bridgehead atoms. The van der Waals surface area contributed by atoms with Gasteiger partial charge in [-0.1, -0.05) is 24.3 Å². The van der Waals surface area contributed by atoms with E-state index < -0.39 is 17.9 Å². The molecule has 0 unspecified atom stereocenters. The van der Waals surface area contributed by atoms with E-state index in [4.69, 9.17) is 9.47 Å². The molecule has 23 heavy (non-hydrogen) atoms. The number of carbonyl (C=O) groups excluding carboxylic acids is 2. The number of rotatable bonds is 4. The lowest BCUT2D eigenvalue weighted by molar-refractivity contribution is -0.137. The molecule has 0 aliphatic carbocycles. The van der Waals surface area contributed by atoms with Crippen molar-refractivity contribution >= 4 is 17.5 Å². The van der Waals surface area contributed by atoms with Crippen LogP contribution in [0.1, 0.15) is 5.56 Å². The normalized spacial score (nSPS) is 15.9. The average molecular weight is 312 g/mol. The zero-order valence-electron chi connectivity index (χ0n) is 12.5. The minimum absolute atomic E-state index is 0.283. The summed E-state index contributed by atoms with van der Waals surface area (Å²) < 4.78 is 10.6. The summed E-state index contributed by atoms with van der Waals surface area (Å²) in [5, 5.41) is 5.36. The van der Waals surface area contributed by atoms with Gasteiger partial charge in [-0.25, -0.2) is 0 Å². The summed E-state index contributed by atoms with van der Waals surface area (Å²) in [6, 6.07) is 14.3. The fourth-order valence-corrected chi connectivity index (χ4v) is 2.29. The first-order valence-electron chi connectivity index (χ1n) is 7.14. The Kier molecular flexibility index (Phi) is 4.14. The van der Waals surface area contributed by atoms with Gasteiger partial charge in [-0.2, -0.15) is 0 Å². The van der Waals surface area contributed by atoms with Gasteiger partial charge in [0.1, 0.15) is 11.5 Å². The Morgan fingerprint density at radius 3 is 2.91 bits per heavy atom. The van der Waals surface area contributed by atoms with Gasteiger partial charge in [0.25, 0.3) is 17.9 Å². The second-order valence-electron chi connectivity index (χ2n) is 5.05. The predicted octanol–water partition coefficient (Wildman–Crippen LogP) is 1.71. The van der Waals surface area contributed by atoms with E-state index in [9.17, 15) is 9.59 Å². The number of ether oxygens (including phenoxy) is 2. The second kappa shape index (κ2) is 6.39. The Bertz CT molecular complexity index is 745. The smallest absolute Gasteiger partial charge is 0.275 e. The second-order valence-corrected chi connectivity index (χ2v) is 5.05. The van der Waals surface area contributed by atoms with Crippen molar-refractivity contribution in [1.82, 2.24) is 5.32 Å². The lowest BCUT2D eigenvalue weighted by atomic mass is 10.2. The molecule has 0 fully saturated rings. The van der Waals surface area contributed by atoms with Crippen LogP contribution in [0.25, 0.3) is 0 Å². The van der Waals surface area contributed by atoms with Gasteiger partial charge in [0.15, 0.2) is 0 Å². The predicted molar refractivity (Wildman–Crippen MR) is 84.3 cm³/mol. The molecule has 118 valence electrons. The van der Waals surface area contributed by atoms with E-state index in [0.29, 0.717) is 17.2 Å². The largest absolute Gasteiger partial charge is 0.497 e. The van der Waals surface area contributed by atoms with E-state index in [2.05, 4.69) is 10.6 Å². The summed E-state index contributed by atoms with van der Waals surface area (Å²) in [7, 11) is 1.58. The van der Waals surface area contributed by atoms with E-state index >= 15 is 0 Å². The zero-order chi connectivity index (χ0) is 16.2. The van der Waals surface area contributed by atoms with Gasteiger partial charge in [0, 0.05) is 6.54 Å². The minimum atomic E-state index is -1.20. The number of benzene rings is 2. The molecule has 0 saturated carbocycles. The Labute approximate surface area is 133 Å². The standard InChI is InChI=1S/C17H16N2O4/c1-22-12-6-4-5-11(9-12)10-18-16(20)15-17(21)19-13-7-2-3-8-14(13)23-15/h2-9,15H,10H2,1H3,(H,18,20)(H,19,21)/t15-/m0/s1. The molecule has 0 spiro atoms. The molecule has 2 amide bonds. The minimum Gasteiger partial charge on any atom is -0.497 e. The van der Waals surface area contributed by atoms with Gasteiger partial charge in [-0.3, -0.25) is 9.59 Å². The molecule has 6 heteroatoms. The molecule has 0 aromatic heterocycles. The number of methoxy groups -OCH3 is 1. The monoisotopic (exact) mass is 312 g/mol. The Hall–Kier alpha value is -3.02. The van der Waals surface area contributed by atoms with Gasteiger partial charge < -0.3 is 20.1 Å². The Morgan fingerprint density at radius 1 is 1.26 bits per heavy atom. The van der Waals surface area contributed by atoms with Crippen molar-refractivity contribution in [3.63, 3.8) is 0 Å². The summed E-state index contributed by atoms with van der Waals surface area (Å²) in [4.78, 5) is 24.2. The fraction of sp³-hybridized carbons (Fsp3) is 0.176. The summed E-state index contributed by atoms with van der Waals surface area (Å²) in [6.45, 7) is 0.283. The van der Waals surface area contributed by atoms with E-state index in [1.54, 1.807) is 31.4 Å². The molecule has 1 aliphatic heterocycles. The number of carbonyl (C=O) groups is 2. The Morgan fingerprint density at radius 2 is 2.09 bits per heavy atom. The van der Waals surface area contributed by atoms with Crippen molar-refractivity contribution in [1.29, 1.82) is 0 Å².